The highest BCUT2D eigenvalue weighted by Gasteiger charge is 2.24. The second-order valence-electron chi connectivity index (χ2n) is 4.48. The quantitative estimate of drug-likeness (QED) is 0.888. The Bertz CT molecular complexity index is 763. The first-order valence-corrected chi connectivity index (χ1v) is 7.92. The molecule has 1 aromatic heterocycles. The molecule has 2 N–H and O–H groups in total. The van der Waals surface area contributed by atoms with E-state index in [1.807, 2.05) is 0 Å². The van der Waals surface area contributed by atoms with E-state index >= 15 is 0 Å². The number of carbonyl (C=O) groups is 1. The maximum Gasteiger partial charge on any atom is 0.260 e. The summed E-state index contributed by atoms with van der Waals surface area (Å²) in [6.07, 6.45) is 1.01. The van der Waals surface area contributed by atoms with Crippen molar-refractivity contribution in [3.05, 3.63) is 35.5 Å². The van der Waals surface area contributed by atoms with Gasteiger partial charge in [-0.3, -0.25) is 9.89 Å². The van der Waals surface area contributed by atoms with Crippen molar-refractivity contribution in [1.29, 1.82) is 0 Å². The normalized spacial score (nSPS) is 11.2. The second-order valence-corrected chi connectivity index (χ2v) is 6.41. The SMILES string of the molecule is COc1ccc(NC(=O)c2c(S(C)(=O)=O)n[nH]c2C)cc1. The van der Waals surface area contributed by atoms with E-state index in [9.17, 15) is 13.2 Å². The molecule has 112 valence electrons. The first-order valence-electron chi connectivity index (χ1n) is 6.03. The summed E-state index contributed by atoms with van der Waals surface area (Å²) in [6, 6.07) is 6.70. The molecule has 0 radical (unpaired) electrons. The molecule has 0 fully saturated rings. The zero-order valence-electron chi connectivity index (χ0n) is 11.8. The predicted octanol–water partition coefficient (Wildman–Crippen LogP) is 1.38. The van der Waals surface area contributed by atoms with Gasteiger partial charge in [0.25, 0.3) is 5.91 Å². The molecule has 21 heavy (non-hydrogen) atoms. The van der Waals surface area contributed by atoms with E-state index in [2.05, 4.69) is 15.5 Å². The fraction of sp³-hybridized carbons (Fsp3) is 0.231. The first-order chi connectivity index (χ1) is 9.82. The zero-order chi connectivity index (χ0) is 15.6. The van der Waals surface area contributed by atoms with Crippen LogP contribution in [0.1, 0.15) is 16.1 Å². The molecular formula is C13H15N3O4S. The van der Waals surface area contributed by atoms with Gasteiger partial charge >= 0.3 is 0 Å². The summed E-state index contributed by atoms with van der Waals surface area (Å²) in [5.41, 5.74) is 0.940. The fourth-order valence-electron chi connectivity index (χ4n) is 1.81. The molecule has 0 aliphatic heterocycles. The minimum atomic E-state index is -3.58. The molecule has 0 aliphatic rings. The number of hydrogen-bond donors (Lipinski definition) is 2. The highest BCUT2D eigenvalue weighted by atomic mass is 32.2. The summed E-state index contributed by atoms with van der Waals surface area (Å²) in [4.78, 5) is 12.3. The Labute approximate surface area is 122 Å². The number of aryl methyl sites for hydroxylation is 1. The Balaban J connectivity index is 2.30. The van der Waals surface area contributed by atoms with Crippen LogP contribution in [-0.4, -0.2) is 37.9 Å². The molecular weight excluding hydrogens is 294 g/mol. The number of rotatable bonds is 4. The number of H-pyrrole nitrogens is 1. The molecule has 0 bridgehead atoms. The van der Waals surface area contributed by atoms with Crippen LogP contribution in [0.15, 0.2) is 29.3 Å². The topological polar surface area (TPSA) is 101 Å². The van der Waals surface area contributed by atoms with Crippen LogP contribution < -0.4 is 10.1 Å². The Morgan fingerprint density at radius 2 is 1.90 bits per heavy atom. The fourth-order valence-corrected chi connectivity index (χ4v) is 2.64. The Morgan fingerprint density at radius 3 is 2.43 bits per heavy atom. The van der Waals surface area contributed by atoms with Crippen molar-refractivity contribution in [3.8, 4) is 5.75 Å². The van der Waals surface area contributed by atoms with Gasteiger partial charge in [-0.15, -0.1) is 0 Å². The van der Waals surface area contributed by atoms with Crippen molar-refractivity contribution in [1.82, 2.24) is 10.2 Å². The Hall–Kier alpha value is -2.35. The van der Waals surface area contributed by atoms with Gasteiger partial charge in [0.15, 0.2) is 14.9 Å². The number of hydrogen-bond acceptors (Lipinski definition) is 5. The lowest BCUT2D eigenvalue weighted by Crippen LogP contribution is -2.16. The molecule has 0 atom stereocenters. The maximum atomic E-state index is 12.3. The summed E-state index contributed by atoms with van der Waals surface area (Å²) in [5, 5.41) is 8.57. The van der Waals surface area contributed by atoms with E-state index in [0.717, 1.165) is 6.26 Å². The van der Waals surface area contributed by atoms with E-state index in [4.69, 9.17) is 4.74 Å². The second kappa shape index (κ2) is 5.57. The number of nitrogens with one attached hydrogen (secondary N) is 2. The van der Waals surface area contributed by atoms with E-state index < -0.39 is 15.7 Å². The van der Waals surface area contributed by atoms with Gasteiger partial charge in [-0.2, -0.15) is 5.10 Å². The number of aromatic amines is 1. The monoisotopic (exact) mass is 309 g/mol. The minimum Gasteiger partial charge on any atom is -0.497 e. The number of methoxy groups -OCH3 is 1. The molecule has 2 aromatic rings. The largest absolute Gasteiger partial charge is 0.497 e. The van der Waals surface area contributed by atoms with Crippen LogP contribution in [0.25, 0.3) is 0 Å². The van der Waals surface area contributed by atoms with Crippen molar-refractivity contribution < 1.29 is 17.9 Å². The van der Waals surface area contributed by atoms with Gasteiger partial charge in [0.05, 0.1) is 12.7 Å². The third-order valence-electron chi connectivity index (χ3n) is 2.84. The van der Waals surface area contributed by atoms with Crippen LogP contribution in [0, 0.1) is 6.92 Å². The summed E-state index contributed by atoms with van der Waals surface area (Å²) >= 11 is 0. The lowest BCUT2D eigenvalue weighted by atomic mass is 10.2. The molecule has 7 nitrogen and oxygen atoms in total. The van der Waals surface area contributed by atoms with Crippen LogP contribution in [0.2, 0.25) is 0 Å². The number of amides is 1. The molecule has 2 rings (SSSR count). The van der Waals surface area contributed by atoms with E-state index in [1.165, 1.54) is 0 Å². The number of carbonyl (C=O) groups excluding carboxylic acids is 1. The molecule has 1 heterocycles. The Kier molecular flexibility index (Phi) is 3.99. The third kappa shape index (κ3) is 3.22. The highest BCUT2D eigenvalue weighted by Crippen LogP contribution is 2.20. The van der Waals surface area contributed by atoms with Crippen LogP contribution >= 0.6 is 0 Å². The summed E-state index contributed by atoms with van der Waals surface area (Å²) < 4.78 is 28.3. The van der Waals surface area contributed by atoms with Gasteiger partial charge in [-0.25, -0.2) is 8.42 Å². The van der Waals surface area contributed by atoms with Crippen molar-refractivity contribution in [2.75, 3.05) is 18.7 Å². The van der Waals surface area contributed by atoms with Gasteiger partial charge in [-0.1, -0.05) is 0 Å². The van der Waals surface area contributed by atoms with Crippen LogP contribution in [0.4, 0.5) is 5.69 Å². The minimum absolute atomic E-state index is 0.0216. The van der Waals surface area contributed by atoms with Crippen LogP contribution in [0.3, 0.4) is 0 Å². The predicted molar refractivity (Wildman–Crippen MR) is 77.4 cm³/mol. The van der Waals surface area contributed by atoms with Gasteiger partial charge in [0, 0.05) is 17.6 Å². The van der Waals surface area contributed by atoms with Gasteiger partial charge < -0.3 is 10.1 Å². The summed E-state index contributed by atoms with van der Waals surface area (Å²) in [6.45, 7) is 1.59. The molecule has 8 heteroatoms. The van der Waals surface area contributed by atoms with Crippen LogP contribution in [-0.2, 0) is 9.84 Å². The van der Waals surface area contributed by atoms with E-state index in [0.29, 0.717) is 17.1 Å². The van der Waals surface area contributed by atoms with E-state index in [-0.39, 0.29) is 10.6 Å². The average molecular weight is 309 g/mol. The molecule has 0 saturated heterocycles. The number of aromatic nitrogens is 2. The number of anilines is 1. The van der Waals surface area contributed by atoms with Crippen molar-refractivity contribution >= 4 is 21.4 Å². The number of nitrogens with zero attached hydrogens (tertiary/aromatic N) is 1. The molecule has 0 unspecified atom stereocenters. The lowest BCUT2D eigenvalue weighted by molar-refractivity contribution is 0.102. The summed E-state index contributed by atoms with van der Waals surface area (Å²) in [7, 11) is -2.04. The third-order valence-corrected chi connectivity index (χ3v) is 3.84. The van der Waals surface area contributed by atoms with Crippen molar-refractivity contribution in [2.24, 2.45) is 0 Å². The van der Waals surface area contributed by atoms with Gasteiger partial charge in [-0.05, 0) is 31.2 Å². The molecule has 0 saturated carbocycles. The standard InChI is InChI=1S/C13H15N3O4S/c1-8-11(13(16-15-8)21(3,18)19)12(17)14-9-4-6-10(20-2)7-5-9/h4-7H,1-3H3,(H,14,17)(H,15,16). The van der Waals surface area contributed by atoms with Crippen molar-refractivity contribution in [3.63, 3.8) is 0 Å². The van der Waals surface area contributed by atoms with E-state index in [1.54, 1.807) is 38.3 Å². The molecule has 1 aromatic carbocycles. The van der Waals surface area contributed by atoms with Crippen LogP contribution in [0.5, 0.6) is 5.75 Å². The lowest BCUT2D eigenvalue weighted by Gasteiger charge is -2.07. The molecule has 1 amide bonds. The maximum absolute atomic E-state index is 12.3. The highest BCUT2D eigenvalue weighted by molar-refractivity contribution is 7.90. The number of sulfone groups is 1. The Morgan fingerprint density at radius 1 is 1.29 bits per heavy atom. The summed E-state index contributed by atoms with van der Waals surface area (Å²) in [5.74, 6) is 0.121. The first kappa shape index (κ1) is 15.0. The van der Waals surface area contributed by atoms with Gasteiger partial charge in [0.2, 0.25) is 0 Å². The average Bonchev–Trinajstić information content (AvgIpc) is 2.81. The number of ether oxygens (including phenoxy) is 1. The van der Waals surface area contributed by atoms with Gasteiger partial charge in [0.1, 0.15) is 5.75 Å². The smallest absolute Gasteiger partial charge is 0.260 e. The molecule has 0 spiro atoms. The molecule has 0 aliphatic carbocycles. The zero-order valence-corrected chi connectivity index (χ0v) is 12.6. The van der Waals surface area contributed by atoms with Crippen molar-refractivity contribution in [2.45, 2.75) is 11.9 Å². The number of benzene rings is 1.